The predicted octanol–water partition coefficient (Wildman–Crippen LogP) is 1.66. The summed E-state index contributed by atoms with van der Waals surface area (Å²) >= 11 is 0. The van der Waals surface area contributed by atoms with Crippen LogP contribution in [0.5, 0.6) is 0 Å². The van der Waals surface area contributed by atoms with Crippen LogP contribution in [-0.4, -0.2) is 12.2 Å². The van der Waals surface area contributed by atoms with Crippen LogP contribution < -0.4 is 0 Å². The number of rotatable bonds is 0. The zero-order valence-corrected chi connectivity index (χ0v) is 4.15. The summed E-state index contributed by atoms with van der Waals surface area (Å²) in [5.74, 6) is 0. The average molecular weight is 92.2 g/mol. The van der Waals surface area contributed by atoms with Gasteiger partial charge in [-0.05, 0) is 0 Å². The molecule has 0 amide bonds. The molecule has 1 N–H and O–H groups in total. The van der Waals surface area contributed by atoms with E-state index >= 15 is 0 Å². The fraction of sp³-hybridized carbons (Fsp3) is 1.00. The standard InChI is InChI=1S/C3H8.CH4O.CH4/c1-3-2;1-2;/h3H2,1-2H3;2H,1H3;1H4. The second kappa shape index (κ2) is 84.4. The Hall–Kier alpha value is -0.0400. The van der Waals surface area contributed by atoms with Gasteiger partial charge in [-0.25, -0.2) is 0 Å². The van der Waals surface area contributed by atoms with Crippen molar-refractivity contribution in [1.29, 1.82) is 0 Å². The van der Waals surface area contributed by atoms with Crippen molar-refractivity contribution in [3.63, 3.8) is 0 Å². The first-order valence-electron chi connectivity index (χ1n) is 1.86. The van der Waals surface area contributed by atoms with Crippen LogP contribution in [0.15, 0.2) is 0 Å². The molecule has 0 heterocycles. The fourth-order valence-corrected chi connectivity index (χ4v) is 0. The molecule has 0 atom stereocenters. The quantitative estimate of drug-likeness (QED) is 0.482. The largest absolute Gasteiger partial charge is 0.400 e. The lowest BCUT2D eigenvalue weighted by Crippen LogP contribution is -1.27. The Bertz CT molecular complexity index is 3.90. The molecule has 0 saturated heterocycles. The summed E-state index contributed by atoms with van der Waals surface area (Å²) in [7, 11) is 1.00. The van der Waals surface area contributed by atoms with E-state index in [9.17, 15) is 0 Å². The van der Waals surface area contributed by atoms with Crippen LogP contribution in [0.25, 0.3) is 0 Å². The number of hydrogen-bond donors (Lipinski definition) is 1. The maximum absolute atomic E-state index is 7.00. The van der Waals surface area contributed by atoms with Crippen LogP contribution in [-0.2, 0) is 0 Å². The highest BCUT2D eigenvalue weighted by molar-refractivity contribution is 3.92. The molecule has 0 aromatic heterocycles. The summed E-state index contributed by atoms with van der Waals surface area (Å²) in [5.41, 5.74) is 0. The third-order valence-corrected chi connectivity index (χ3v) is 0. The van der Waals surface area contributed by atoms with Crippen LogP contribution in [0.3, 0.4) is 0 Å². The van der Waals surface area contributed by atoms with Crippen LogP contribution >= 0.6 is 0 Å². The summed E-state index contributed by atoms with van der Waals surface area (Å²) in [6.07, 6.45) is 1.25. The third-order valence-electron chi connectivity index (χ3n) is 0. The lowest BCUT2D eigenvalue weighted by molar-refractivity contribution is 0.399. The first-order chi connectivity index (χ1) is 2.41. The van der Waals surface area contributed by atoms with E-state index in [1.165, 1.54) is 6.42 Å². The number of aliphatic hydroxyl groups excluding tert-OH is 1. The van der Waals surface area contributed by atoms with Crippen molar-refractivity contribution in [3.8, 4) is 0 Å². The highest BCUT2D eigenvalue weighted by Crippen LogP contribution is 1.56. The van der Waals surface area contributed by atoms with Gasteiger partial charge >= 0.3 is 0 Å². The molecule has 0 bridgehead atoms. The molecular weight excluding hydrogens is 76.1 g/mol. The van der Waals surface area contributed by atoms with Gasteiger partial charge in [0, 0.05) is 7.11 Å². The van der Waals surface area contributed by atoms with Gasteiger partial charge in [-0.15, -0.1) is 0 Å². The molecule has 1 heteroatoms. The Labute approximate surface area is 41.0 Å². The van der Waals surface area contributed by atoms with Gasteiger partial charge in [0.25, 0.3) is 0 Å². The van der Waals surface area contributed by atoms with Crippen LogP contribution in [0, 0.1) is 0 Å². The Balaban J connectivity index is -0.0000000275. The van der Waals surface area contributed by atoms with E-state index in [4.69, 9.17) is 5.11 Å². The second-order valence-electron chi connectivity index (χ2n) is 0.707. The van der Waals surface area contributed by atoms with Crippen molar-refractivity contribution in [1.82, 2.24) is 0 Å². The van der Waals surface area contributed by atoms with Crippen molar-refractivity contribution in [3.05, 3.63) is 0 Å². The minimum Gasteiger partial charge on any atom is -0.400 e. The maximum atomic E-state index is 7.00. The molecule has 0 fully saturated rings. The smallest absolute Gasteiger partial charge is 0.0319 e. The van der Waals surface area contributed by atoms with Gasteiger partial charge < -0.3 is 5.11 Å². The van der Waals surface area contributed by atoms with Crippen molar-refractivity contribution in [2.45, 2.75) is 27.7 Å². The van der Waals surface area contributed by atoms with E-state index in [-0.39, 0.29) is 7.43 Å². The minimum absolute atomic E-state index is 0. The molecule has 0 radical (unpaired) electrons. The van der Waals surface area contributed by atoms with Gasteiger partial charge in [-0.3, -0.25) is 0 Å². The summed E-state index contributed by atoms with van der Waals surface area (Å²) in [6.45, 7) is 4.25. The van der Waals surface area contributed by atoms with E-state index in [2.05, 4.69) is 13.8 Å². The Morgan fingerprint density at radius 3 is 1.17 bits per heavy atom. The van der Waals surface area contributed by atoms with Crippen LogP contribution in [0.4, 0.5) is 0 Å². The first kappa shape index (κ1) is 16.7. The molecule has 6 heavy (non-hydrogen) atoms. The summed E-state index contributed by atoms with van der Waals surface area (Å²) in [4.78, 5) is 0. The van der Waals surface area contributed by atoms with Crippen molar-refractivity contribution in [2.75, 3.05) is 7.11 Å². The number of aliphatic hydroxyl groups is 1. The fourth-order valence-electron chi connectivity index (χ4n) is 0. The predicted molar refractivity (Wildman–Crippen MR) is 30.8 cm³/mol. The SMILES string of the molecule is C.CCC.CO. The summed E-state index contributed by atoms with van der Waals surface area (Å²) < 4.78 is 0. The van der Waals surface area contributed by atoms with E-state index in [0.29, 0.717) is 0 Å². The molecular formula is C5H16O. The maximum Gasteiger partial charge on any atom is 0.0319 e. The van der Waals surface area contributed by atoms with E-state index in [0.717, 1.165) is 7.11 Å². The molecule has 0 unspecified atom stereocenters. The molecule has 0 saturated carbocycles. The second-order valence-corrected chi connectivity index (χ2v) is 0.707. The van der Waals surface area contributed by atoms with Crippen molar-refractivity contribution >= 4 is 0 Å². The average Bonchev–Trinajstić information content (AvgIpc) is 1.46. The molecule has 0 aliphatic carbocycles. The van der Waals surface area contributed by atoms with Gasteiger partial charge in [0.1, 0.15) is 0 Å². The van der Waals surface area contributed by atoms with E-state index < -0.39 is 0 Å². The molecule has 0 aliphatic rings. The monoisotopic (exact) mass is 92.1 g/mol. The Morgan fingerprint density at radius 1 is 1.17 bits per heavy atom. The topological polar surface area (TPSA) is 20.2 Å². The van der Waals surface area contributed by atoms with Crippen LogP contribution in [0.2, 0.25) is 0 Å². The van der Waals surface area contributed by atoms with Crippen molar-refractivity contribution < 1.29 is 5.11 Å². The highest BCUT2D eigenvalue weighted by atomic mass is 16.2. The normalized spacial score (nSPS) is 4.00. The van der Waals surface area contributed by atoms with Gasteiger partial charge in [0.05, 0.1) is 0 Å². The van der Waals surface area contributed by atoms with Gasteiger partial charge in [0.2, 0.25) is 0 Å². The lowest BCUT2D eigenvalue weighted by atomic mass is 10.6. The first-order valence-corrected chi connectivity index (χ1v) is 1.86. The van der Waals surface area contributed by atoms with Gasteiger partial charge in [-0.2, -0.15) is 0 Å². The zero-order chi connectivity index (χ0) is 4.71. The zero-order valence-electron chi connectivity index (χ0n) is 4.15. The minimum atomic E-state index is 0. The molecule has 0 aromatic carbocycles. The third kappa shape index (κ3) is 21700. The Morgan fingerprint density at radius 2 is 1.17 bits per heavy atom. The Kier molecular flexibility index (Phi) is 235. The lowest BCUT2D eigenvalue weighted by Gasteiger charge is -1.48. The molecule has 0 aliphatic heterocycles. The van der Waals surface area contributed by atoms with Crippen molar-refractivity contribution in [2.24, 2.45) is 0 Å². The summed E-state index contributed by atoms with van der Waals surface area (Å²) in [6, 6.07) is 0. The molecule has 0 aromatic rings. The summed E-state index contributed by atoms with van der Waals surface area (Å²) in [5, 5.41) is 7.00. The van der Waals surface area contributed by atoms with Gasteiger partial charge in [0.15, 0.2) is 0 Å². The molecule has 0 spiro atoms. The molecule has 0 rings (SSSR count). The highest BCUT2D eigenvalue weighted by Gasteiger charge is 1.35. The molecule has 42 valence electrons. The number of hydrogen-bond acceptors (Lipinski definition) is 1. The van der Waals surface area contributed by atoms with Crippen LogP contribution in [0.1, 0.15) is 27.7 Å². The van der Waals surface area contributed by atoms with E-state index in [1.807, 2.05) is 0 Å². The van der Waals surface area contributed by atoms with Gasteiger partial charge in [-0.1, -0.05) is 27.7 Å². The molecule has 1 nitrogen and oxygen atoms in total. The van der Waals surface area contributed by atoms with E-state index in [1.54, 1.807) is 0 Å².